The Bertz CT molecular complexity index is 776. The molecule has 0 fully saturated rings. The molecule has 0 spiro atoms. The van der Waals surface area contributed by atoms with Gasteiger partial charge in [0.05, 0.1) is 16.7 Å². The Morgan fingerprint density at radius 2 is 1.82 bits per heavy atom. The van der Waals surface area contributed by atoms with Gasteiger partial charge in [-0.15, -0.1) is 0 Å². The van der Waals surface area contributed by atoms with E-state index in [1.165, 1.54) is 30.3 Å². The van der Waals surface area contributed by atoms with Gasteiger partial charge >= 0.3 is 0 Å². The van der Waals surface area contributed by atoms with E-state index < -0.39 is 21.7 Å². The molecule has 0 aromatic heterocycles. The fourth-order valence-electron chi connectivity index (χ4n) is 1.76. The van der Waals surface area contributed by atoms with E-state index in [4.69, 9.17) is 4.74 Å². The van der Waals surface area contributed by atoms with Crippen LogP contribution < -0.4 is 9.46 Å². The van der Waals surface area contributed by atoms with Gasteiger partial charge in [0.2, 0.25) is 0 Å². The summed E-state index contributed by atoms with van der Waals surface area (Å²) in [6.45, 7) is 3.46. The van der Waals surface area contributed by atoms with Crippen molar-refractivity contribution in [3.63, 3.8) is 0 Å². The second kappa shape index (κ2) is 6.31. The van der Waals surface area contributed by atoms with Crippen LogP contribution in [-0.4, -0.2) is 14.5 Å². The SMILES string of the molecule is CC(C)Oc1ccc(S(=O)(=O)Nc2cccc(F)c2)cc1F. The van der Waals surface area contributed by atoms with Crippen molar-refractivity contribution in [2.75, 3.05) is 4.72 Å². The molecule has 0 radical (unpaired) electrons. The average molecular weight is 327 g/mol. The number of halogens is 2. The van der Waals surface area contributed by atoms with Crippen LogP contribution >= 0.6 is 0 Å². The summed E-state index contributed by atoms with van der Waals surface area (Å²) in [5.41, 5.74) is 0.0583. The zero-order valence-electron chi connectivity index (χ0n) is 12.0. The molecule has 0 saturated carbocycles. The van der Waals surface area contributed by atoms with Crippen LogP contribution in [-0.2, 0) is 10.0 Å². The molecule has 1 N–H and O–H groups in total. The molecule has 0 amide bonds. The first-order valence-electron chi connectivity index (χ1n) is 6.52. The Morgan fingerprint density at radius 1 is 1.09 bits per heavy atom. The standard InChI is InChI=1S/C15H15F2NO3S/c1-10(2)21-15-7-6-13(9-14(15)17)22(19,20)18-12-5-3-4-11(16)8-12/h3-10,18H,1-2H3. The van der Waals surface area contributed by atoms with E-state index >= 15 is 0 Å². The lowest BCUT2D eigenvalue weighted by Crippen LogP contribution is -2.14. The minimum atomic E-state index is -4.01. The Morgan fingerprint density at radius 3 is 2.41 bits per heavy atom. The molecule has 4 nitrogen and oxygen atoms in total. The molecular formula is C15H15F2NO3S. The van der Waals surface area contributed by atoms with Gasteiger partial charge in [0.25, 0.3) is 10.0 Å². The topological polar surface area (TPSA) is 55.4 Å². The van der Waals surface area contributed by atoms with E-state index in [1.54, 1.807) is 13.8 Å². The van der Waals surface area contributed by atoms with Crippen LogP contribution in [0.15, 0.2) is 47.4 Å². The van der Waals surface area contributed by atoms with E-state index in [9.17, 15) is 17.2 Å². The molecule has 0 aliphatic carbocycles. The summed E-state index contributed by atoms with van der Waals surface area (Å²) in [5.74, 6) is -1.39. The Labute approximate surface area is 127 Å². The van der Waals surface area contributed by atoms with Crippen LogP contribution in [0.1, 0.15) is 13.8 Å². The van der Waals surface area contributed by atoms with Crippen LogP contribution in [0.3, 0.4) is 0 Å². The highest BCUT2D eigenvalue weighted by atomic mass is 32.2. The van der Waals surface area contributed by atoms with E-state index in [2.05, 4.69) is 4.72 Å². The number of hydrogen-bond acceptors (Lipinski definition) is 3. The molecule has 0 aliphatic heterocycles. The molecule has 7 heteroatoms. The van der Waals surface area contributed by atoms with Crippen LogP contribution in [0.5, 0.6) is 5.75 Å². The Balaban J connectivity index is 2.28. The first kappa shape index (κ1) is 16.2. The summed E-state index contributed by atoms with van der Waals surface area (Å²) in [6, 6.07) is 8.32. The lowest BCUT2D eigenvalue weighted by atomic mass is 10.3. The molecule has 0 saturated heterocycles. The average Bonchev–Trinajstić information content (AvgIpc) is 2.40. The predicted octanol–water partition coefficient (Wildman–Crippen LogP) is 3.55. The van der Waals surface area contributed by atoms with Crippen LogP contribution in [0.25, 0.3) is 0 Å². The number of anilines is 1. The number of hydrogen-bond donors (Lipinski definition) is 1. The van der Waals surface area contributed by atoms with Gasteiger partial charge < -0.3 is 4.74 Å². The van der Waals surface area contributed by atoms with Gasteiger partial charge in [-0.25, -0.2) is 17.2 Å². The molecule has 0 unspecified atom stereocenters. The molecule has 0 bridgehead atoms. The minimum absolute atomic E-state index is 0.0281. The third-order valence-electron chi connectivity index (χ3n) is 2.65. The van der Waals surface area contributed by atoms with Crippen LogP contribution in [0.2, 0.25) is 0 Å². The minimum Gasteiger partial charge on any atom is -0.488 e. The van der Waals surface area contributed by atoms with Crippen LogP contribution in [0, 0.1) is 11.6 Å². The number of ether oxygens (including phenoxy) is 1. The highest BCUT2D eigenvalue weighted by Crippen LogP contribution is 2.23. The number of nitrogens with one attached hydrogen (secondary N) is 1. The second-order valence-corrected chi connectivity index (χ2v) is 6.56. The van der Waals surface area contributed by atoms with Crippen molar-refractivity contribution in [2.24, 2.45) is 0 Å². The number of sulfonamides is 1. The molecule has 22 heavy (non-hydrogen) atoms. The summed E-state index contributed by atoms with van der Waals surface area (Å²) < 4.78 is 58.6. The predicted molar refractivity (Wildman–Crippen MR) is 79.4 cm³/mol. The van der Waals surface area contributed by atoms with Gasteiger partial charge in [-0.1, -0.05) is 6.07 Å². The first-order chi connectivity index (χ1) is 10.3. The molecule has 0 atom stereocenters. The maximum atomic E-state index is 13.9. The molecule has 2 aromatic carbocycles. The van der Waals surface area contributed by atoms with E-state index in [0.29, 0.717) is 0 Å². The molecule has 0 aliphatic rings. The van der Waals surface area contributed by atoms with Gasteiger partial charge in [0.1, 0.15) is 5.82 Å². The highest BCUT2D eigenvalue weighted by molar-refractivity contribution is 7.92. The van der Waals surface area contributed by atoms with Gasteiger partial charge in [0, 0.05) is 0 Å². The molecule has 2 rings (SSSR count). The lowest BCUT2D eigenvalue weighted by molar-refractivity contribution is 0.231. The van der Waals surface area contributed by atoms with Crippen LogP contribution in [0.4, 0.5) is 14.5 Å². The third kappa shape index (κ3) is 3.94. The maximum Gasteiger partial charge on any atom is 0.262 e. The van der Waals surface area contributed by atoms with Crippen molar-refractivity contribution in [1.29, 1.82) is 0 Å². The number of benzene rings is 2. The van der Waals surface area contributed by atoms with E-state index in [1.807, 2.05) is 0 Å². The molecular weight excluding hydrogens is 312 g/mol. The summed E-state index contributed by atoms with van der Waals surface area (Å²) in [6.07, 6.45) is -0.234. The maximum absolute atomic E-state index is 13.9. The van der Waals surface area contributed by atoms with Crippen molar-refractivity contribution >= 4 is 15.7 Å². The van der Waals surface area contributed by atoms with Crippen molar-refractivity contribution in [1.82, 2.24) is 0 Å². The monoisotopic (exact) mass is 327 g/mol. The zero-order valence-corrected chi connectivity index (χ0v) is 12.8. The smallest absolute Gasteiger partial charge is 0.262 e. The Hall–Kier alpha value is -2.15. The number of rotatable bonds is 5. The fourth-order valence-corrected chi connectivity index (χ4v) is 2.83. The van der Waals surface area contributed by atoms with E-state index in [-0.39, 0.29) is 22.4 Å². The normalized spacial score (nSPS) is 11.5. The summed E-state index contributed by atoms with van der Waals surface area (Å²) in [4.78, 5) is -0.273. The molecule has 0 heterocycles. The van der Waals surface area contributed by atoms with Gasteiger partial charge in [0.15, 0.2) is 11.6 Å². The van der Waals surface area contributed by atoms with Crippen molar-refractivity contribution in [2.45, 2.75) is 24.8 Å². The van der Waals surface area contributed by atoms with Gasteiger partial charge in [-0.3, -0.25) is 4.72 Å². The molecule has 118 valence electrons. The van der Waals surface area contributed by atoms with Crippen molar-refractivity contribution < 1.29 is 21.9 Å². The molecule has 2 aromatic rings. The third-order valence-corrected chi connectivity index (χ3v) is 4.03. The highest BCUT2D eigenvalue weighted by Gasteiger charge is 2.17. The second-order valence-electron chi connectivity index (χ2n) is 4.87. The van der Waals surface area contributed by atoms with E-state index in [0.717, 1.165) is 12.1 Å². The van der Waals surface area contributed by atoms with Crippen molar-refractivity contribution in [3.8, 4) is 5.75 Å². The summed E-state index contributed by atoms with van der Waals surface area (Å²) in [5, 5.41) is 0. The fraction of sp³-hybridized carbons (Fsp3) is 0.200. The summed E-state index contributed by atoms with van der Waals surface area (Å²) in [7, 11) is -4.01. The first-order valence-corrected chi connectivity index (χ1v) is 8.01. The van der Waals surface area contributed by atoms with Crippen molar-refractivity contribution in [3.05, 3.63) is 54.1 Å². The summed E-state index contributed by atoms with van der Waals surface area (Å²) >= 11 is 0. The lowest BCUT2D eigenvalue weighted by Gasteiger charge is -2.12. The zero-order chi connectivity index (χ0) is 16.3. The quantitative estimate of drug-likeness (QED) is 0.913. The Kier molecular flexibility index (Phi) is 4.65. The van der Waals surface area contributed by atoms with Gasteiger partial charge in [-0.05, 0) is 50.2 Å². The van der Waals surface area contributed by atoms with Gasteiger partial charge in [-0.2, -0.15) is 0 Å². The largest absolute Gasteiger partial charge is 0.488 e.